The highest BCUT2D eigenvalue weighted by Gasteiger charge is 2.25. The summed E-state index contributed by atoms with van der Waals surface area (Å²) < 4.78 is 32.2. The number of rotatable bonds is 4. The van der Waals surface area contributed by atoms with Crippen LogP contribution >= 0.6 is 0 Å². The summed E-state index contributed by atoms with van der Waals surface area (Å²) in [5, 5.41) is 9.21. The van der Waals surface area contributed by atoms with Gasteiger partial charge in [0.2, 0.25) is 0 Å². The van der Waals surface area contributed by atoms with Gasteiger partial charge in [0.15, 0.2) is 5.65 Å². The molecule has 0 spiro atoms. The van der Waals surface area contributed by atoms with Gasteiger partial charge in [-0.05, 0) is 74.6 Å². The monoisotopic (exact) mass is 513 g/mol. The molecule has 1 atom stereocenters. The maximum Gasteiger partial charge on any atom is 0.167 e. The van der Waals surface area contributed by atoms with E-state index in [2.05, 4.69) is 14.8 Å². The Hall–Kier alpha value is -4.03. The maximum absolute atomic E-state index is 15.8. The van der Waals surface area contributed by atoms with Crippen molar-refractivity contribution in [3.8, 4) is 23.1 Å². The van der Waals surface area contributed by atoms with Crippen molar-refractivity contribution in [3.05, 3.63) is 65.9 Å². The normalized spacial score (nSPS) is 18.1. The van der Waals surface area contributed by atoms with Gasteiger partial charge in [-0.3, -0.25) is 4.57 Å². The molecular formula is C29H29F2N7. The molecule has 2 N–H and O–H groups in total. The largest absolute Gasteiger partial charge is 0.371 e. The van der Waals surface area contributed by atoms with Crippen molar-refractivity contribution < 1.29 is 8.78 Å². The molecule has 0 aliphatic carbocycles. The first-order valence-corrected chi connectivity index (χ1v) is 13.2. The third-order valence-electron chi connectivity index (χ3n) is 7.56. The fraction of sp³-hybridized carbons (Fsp3) is 0.345. The molecular weight excluding hydrogens is 484 g/mol. The summed E-state index contributed by atoms with van der Waals surface area (Å²) in [5.41, 5.74) is 9.70. The minimum Gasteiger partial charge on any atom is -0.371 e. The SMILES string of the molecule is N#Cc1ccc(-c2nc3c(N4CCC[C@@H](N)C4)ccnc3n2-c2ccc(N3CCCCC3)cc2F)cc1F. The number of nitriles is 1. The Balaban J connectivity index is 1.54. The molecule has 0 bridgehead atoms. The lowest BCUT2D eigenvalue weighted by Gasteiger charge is -2.32. The minimum absolute atomic E-state index is 0.0564. The molecule has 2 aromatic carbocycles. The molecule has 2 fully saturated rings. The molecule has 0 amide bonds. The van der Waals surface area contributed by atoms with Gasteiger partial charge in [-0.15, -0.1) is 0 Å². The van der Waals surface area contributed by atoms with E-state index in [1.807, 2.05) is 18.2 Å². The van der Waals surface area contributed by atoms with Crippen LogP contribution in [0.2, 0.25) is 0 Å². The summed E-state index contributed by atoms with van der Waals surface area (Å²) in [4.78, 5) is 13.9. The summed E-state index contributed by atoms with van der Waals surface area (Å²) in [5.74, 6) is -0.705. The van der Waals surface area contributed by atoms with Gasteiger partial charge >= 0.3 is 0 Å². The zero-order valence-corrected chi connectivity index (χ0v) is 21.1. The van der Waals surface area contributed by atoms with Gasteiger partial charge in [0.1, 0.15) is 29.0 Å². The number of imidazole rings is 1. The highest BCUT2D eigenvalue weighted by molar-refractivity contribution is 5.90. The van der Waals surface area contributed by atoms with Crippen LogP contribution < -0.4 is 15.5 Å². The van der Waals surface area contributed by atoms with Gasteiger partial charge in [-0.1, -0.05) is 0 Å². The second-order valence-electron chi connectivity index (χ2n) is 10.1. The molecule has 2 saturated heterocycles. The minimum atomic E-state index is -0.653. The molecule has 2 aliphatic rings. The molecule has 2 aromatic heterocycles. The molecule has 4 aromatic rings. The van der Waals surface area contributed by atoms with Gasteiger partial charge in [-0.2, -0.15) is 5.26 Å². The van der Waals surface area contributed by atoms with Crippen LogP contribution in [-0.4, -0.2) is 46.8 Å². The zero-order valence-electron chi connectivity index (χ0n) is 21.1. The molecule has 6 rings (SSSR count). The Morgan fingerprint density at radius 2 is 1.71 bits per heavy atom. The van der Waals surface area contributed by atoms with Crippen LogP contribution in [0.4, 0.5) is 20.2 Å². The second-order valence-corrected chi connectivity index (χ2v) is 10.1. The van der Waals surface area contributed by atoms with Crippen LogP contribution in [-0.2, 0) is 0 Å². The van der Waals surface area contributed by atoms with Crippen molar-refractivity contribution in [2.75, 3.05) is 36.0 Å². The average Bonchev–Trinajstić information content (AvgIpc) is 3.33. The van der Waals surface area contributed by atoms with E-state index in [-0.39, 0.29) is 17.3 Å². The lowest BCUT2D eigenvalue weighted by molar-refractivity contribution is 0.507. The number of hydrogen-bond donors (Lipinski definition) is 1. The van der Waals surface area contributed by atoms with Crippen molar-refractivity contribution >= 4 is 22.5 Å². The number of piperidine rings is 2. The van der Waals surface area contributed by atoms with Crippen LogP contribution in [0.5, 0.6) is 0 Å². The number of benzene rings is 2. The first-order chi connectivity index (χ1) is 18.5. The number of fused-ring (bicyclic) bond motifs is 1. The Kier molecular flexibility index (Phi) is 6.42. The Bertz CT molecular complexity index is 1530. The average molecular weight is 514 g/mol. The fourth-order valence-corrected chi connectivity index (χ4v) is 5.64. The first-order valence-electron chi connectivity index (χ1n) is 13.2. The van der Waals surface area contributed by atoms with E-state index in [1.54, 1.807) is 29.0 Å². The van der Waals surface area contributed by atoms with Crippen molar-refractivity contribution in [2.45, 2.75) is 38.1 Å². The molecule has 4 heterocycles. The molecule has 0 radical (unpaired) electrons. The van der Waals surface area contributed by atoms with Gasteiger partial charge in [0.05, 0.1) is 16.9 Å². The van der Waals surface area contributed by atoms with E-state index in [0.717, 1.165) is 56.7 Å². The zero-order chi connectivity index (χ0) is 26.2. The number of nitrogens with two attached hydrogens (primary N) is 1. The van der Waals surface area contributed by atoms with Crippen molar-refractivity contribution in [3.63, 3.8) is 0 Å². The number of hydrogen-bond acceptors (Lipinski definition) is 6. The van der Waals surface area contributed by atoms with Crippen LogP contribution in [0, 0.1) is 23.0 Å². The Morgan fingerprint density at radius 3 is 2.45 bits per heavy atom. The van der Waals surface area contributed by atoms with E-state index >= 15 is 4.39 Å². The highest BCUT2D eigenvalue weighted by Crippen LogP contribution is 2.35. The van der Waals surface area contributed by atoms with Crippen molar-refractivity contribution in [1.82, 2.24) is 14.5 Å². The standard InChI is InChI=1S/C29H29F2N7/c30-23-15-19(6-7-20(23)17-32)28-35-27-26(37-14-4-5-21(33)18-37)10-11-34-29(27)38(28)25-9-8-22(16-24(25)31)36-12-2-1-3-13-36/h6-11,15-16,21H,1-5,12-14,18,33H2/t21-/m1/s1. The molecule has 194 valence electrons. The van der Waals surface area contributed by atoms with Gasteiger partial charge in [0.25, 0.3) is 0 Å². The summed E-state index contributed by atoms with van der Waals surface area (Å²) in [6, 6.07) is 13.4. The van der Waals surface area contributed by atoms with Crippen LogP contribution in [0.25, 0.3) is 28.2 Å². The smallest absolute Gasteiger partial charge is 0.167 e. The summed E-state index contributed by atoms with van der Waals surface area (Å²) in [6.45, 7) is 3.34. The van der Waals surface area contributed by atoms with Gasteiger partial charge in [0, 0.05) is 49.7 Å². The predicted molar refractivity (Wildman–Crippen MR) is 144 cm³/mol. The van der Waals surface area contributed by atoms with Crippen LogP contribution in [0.15, 0.2) is 48.7 Å². The fourth-order valence-electron chi connectivity index (χ4n) is 5.64. The molecule has 0 unspecified atom stereocenters. The van der Waals surface area contributed by atoms with Crippen molar-refractivity contribution in [1.29, 1.82) is 5.26 Å². The third-order valence-corrected chi connectivity index (χ3v) is 7.56. The summed E-state index contributed by atoms with van der Waals surface area (Å²) >= 11 is 0. The Morgan fingerprint density at radius 1 is 0.895 bits per heavy atom. The van der Waals surface area contributed by atoms with Gasteiger partial charge < -0.3 is 15.5 Å². The van der Waals surface area contributed by atoms with E-state index < -0.39 is 11.6 Å². The summed E-state index contributed by atoms with van der Waals surface area (Å²) in [7, 11) is 0. The van der Waals surface area contributed by atoms with E-state index in [0.29, 0.717) is 29.1 Å². The number of anilines is 2. The number of aromatic nitrogens is 3. The van der Waals surface area contributed by atoms with Crippen LogP contribution in [0.3, 0.4) is 0 Å². The Labute approximate surface area is 220 Å². The number of halogens is 2. The molecule has 0 saturated carbocycles. The number of nitrogens with zero attached hydrogens (tertiary/aromatic N) is 6. The lowest BCUT2D eigenvalue weighted by atomic mass is 10.1. The quantitative estimate of drug-likeness (QED) is 0.406. The number of pyridine rings is 1. The molecule has 38 heavy (non-hydrogen) atoms. The van der Waals surface area contributed by atoms with E-state index in [9.17, 15) is 9.65 Å². The molecule has 7 nitrogen and oxygen atoms in total. The third kappa shape index (κ3) is 4.35. The summed E-state index contributed by atoms with van der Waals surface area (Å²) in [6.07, 6.45) is 7.00. The van der Waals surface area contributed by atoms with E-state index in [4.69, 9.17) is 10.7 Å². The van der Waals surface area contributed by atoms with E-state index in [1.165, 1.54) is 18.6 Å². The van der Waals surface area contributed by atoms with Crippen molar-refractivity contribution in [2.24, 2.45) is 5.73 Å². The second kappa shape index (κ2) is 10.0. The molecule has 2 aliphatic heterocycles. The van der Waals surface area contributed by atoms with Crippen LogP contribution in [0.1, 0.15) is 37.7 Å². The molecule has 9 heteroatoms. The van der Waals surface area contributed by atoms with Gasteiger partial charge in [-0.25, -0.2) is 18.7 Å². The lowest BCUT2D eigenvalue weighted by Crippen LogP contribution is -2.42. The topological polar surface area (TPSA) is 87.0 Å². The first kappa shape index (κ1) is 24.3. The maximum atomic E-state index is 15.8. The predicted octanol–water partition coefficient (Wildman–Crippen LogP) is 5.16. The highest BCUT2D eigenvalue weighted by atomic mass is 19.1.